The third-order valence-corrected chi connectivity index (χ3v) is 3.39. The number of aryl methyl sites for hydroxylation is 1. The van der Waals surface area contributed by atoms with E-state index < -0.39 is 5.60 Å². The molecule has 104 valence electrons. The van der Waals surface area contributed by atoms with Gasteiger partial charge in [-0.25, -0.2) is 0 Å². The van der Waals surface area contributed by atoms with E-state index in [2.05, 4.69) is 0 Å². The molecular weight excluding hydrogens is 242 g/mol. The zero-order valence-corrected chi connectivity index (χ0v) is 11.6. The van der Waals surface area contributed by atoms with Crippen molar-refractivity contribution >= 4 is 5.91 Å². The van der Waals surface area contributed by atoms with Crippen molar-refractivity contribution in [3.63, 3.8) is 0 Å². The summed E-state index contributed by atoms with van der Waals surface area (Å²) in [6, 6.07) is 7.62. The Balaban J connectivity index is 1.77. The minimum absolute atomic E-state index is 0.0334. The first-order chi connectivity index (χ1) is 9.02. The number of carbonyl (C=O) groups is 1. The number of rotatable bonds is 5. The predicted octanol–water partition coefficient (Wildman–Crippen LogP) is 1.75. The monoisotopic (exact) mass is 263 g/mol. The number of nitrogens with zero attached hydrogens (tertiary/aromatic N) is 1. The minimum Gasteiger partial charge on any atom is -0.484 e. The average molecular weight is 263 g/mol. The quantitative estimate of drug-likeness (QED) is 0.880. The summed E-state index contributed by atoms with van der Waals surface area (Å²) in [7, 11) is 0. The van der Waals surface area contributed by atoms with Crippen LogP contribution >= 0.6 is 0 Å². The molecule has 0 aliphatic carbocycles. The van der Waals surface area contributed by atoms with Crippen molar-refractivity contribution in [2.24, 2.45) is 0 Å². The maximum absolute atomic E-state index is 11.9. The average Bonchev–Trinajstić information content (AvgIpc) is 2.33. The number of hydrogen-bond donors (Lipinski definition) is 1. The van der Waals surface area contributed by atoms with Crippen molar-refractivity contribution in [1.82, 2.24) is 4.90 Å². The SMILES string of the molecule is CCCC1(O)CN(C(=O)COc2cccc(C)c2)C1. The Kier molecular flexibility index (Phi) is 4.10. The van der Waals surface area contributed by atoms with E-state index in [0.29, 0.717) is 18.8 Å². The van der Waals surface area contributed by atoms with Crippen LogP contribution in [0.15, 0.2) is 24.3 Å². The van der Waals surface area contributed by atoms with Gasteiger partial charge in [0, 0.05) is 0 Å². The first-order valence-electron chi connectivity index (χ1n) is 6.72. The zero-order valence-electron chi connectivity index (χ0n) is 11.6. The number of hydrogen-bond acceptors (Lipinski definition) is 3. The second kappa shape index (κ2) is 5.61. The highest BCUT2D eigenvalue weighted by molar-refractivity contribution is 5.79. The maximum Gasteiger partial charge on any atom is 0.260 e. The summed E-state index contributed by atoms with van der Waals surface area (Å²) in [6.07, 6.45) is 1.67. The van der Waals surface area contributed by atoms with Crippen LogP contribution in [0.4, 0.5) is 0 Å². The maximum atomic E-state index is 11.9. The van der Waals surface area contributed by atoms with E-state index in [1.165, 1.54) is 0 Å². The van der Waals surface area contributed by atoms with Crippen LogP contribution in [-0.4, -0.2) is 41.2 Å². The Morgan fingerprint density at radius 2 is 2.21 bits per heavy atom. The molecule has 1 fully saturated rings. The van der Waals surface area contributed by atoms with Crippen LogP contribution < -0.4 is 4.74 Å². The Morgan fingerprint density at radius 3 is 2.84 bits per heavy atom. The summed E-state index contributed by atoms with van der Waals surface area (Å²) in [5.74, 6) is 0.639. The molecule has 19 heavy (non-hydrogen) atoms. The molecule has 1 saturated heterocycles. The summed E-state index contributed by atoms with van der Waals surface area (Å²) >= 11 is 0. The van der Waals surface area contributed by atoms with Crippen LogP contribution in [-0.2, 0) is 4.79 Å². The van der Waals surface area contributed by atoms with Gasteiger partial charge in [-0.05, 0) is 31.0 Å². The molecule has 2 rings (SSSR count). The lowest BCUT2D eigenvalue weighted by atomic mass is 9.89. The Morgan fingerprint density at radius 1 is 1.47 bits per heavy atom. The number of amides is 1. The highest BCUT2D eigenvalue weighted by atomic mass is 16.5. The third kappa shape index (κ3) is 3.47. The van der Waals surface area contributed by atoms with Gasteiger partial charge in [-0.15, -0.1) is 0 Å². The van der Waals surface area contributed by atoms with Gasteiger partial charge in [0.15, 0.2) is 6.61 Å². The van der Waals surface area contributed by atoms with E-state index in [9.17, 15) is 9.90 Å². The molecule has 1 aromatic rings. The highest BCUT2D eigenvalue weighted by Gasteiger charge is 2.42. The first kappa shape index (κ1) is 13.9. The summed E-state index contributed by atoms with van der Waals surface area (Å²) < 4.78 is 5.46. The van der Waals surface area contributed by atoms with Crippen molar-refractivity contribution in [2.45, 2.75) is 32.3 Å². The Labute approximate surface area is 114 Å². The highest BCUT2D eigenvalue weighted by Crippen LogP contribution is 2.25. The number of benzene rings is 1. The molecule has 4 nitrogen and oxygen atoms in total. The topological polar surface area (TPSA) is 49.8 Å². The number of likely N-dealkylation sites (tertiary alicyclic amines) is 1. The summed E-state index contributed by atoms with van der Waals surface area (Å²) in [6.45, 7) is 4.90. The molecule has 1 N–H and O–H groups in total. The van der Waals surface area contributed by atoms with Gasteiger partial charge >= 0.3 is 0 Å². The van der Waals surface area contributed by atoms with Crippen molar-refractivity contribution in [2.75, 3.05) is 19.7 Å². The summed E-state index contributed by atoms with van der Waals surface area (Å²) in [5, 5.41) is 10.0. The van der Waals surface area contributed by atoms with E-state index in [1.807, 2.05) is 38.1 Å². The Bertz CT molecular complexity index is 452. The van der Waals surface area contributed by atoms with Crippen molar-refractivity contribution in [1.29, 1.82) is 0 Å². The lowest BCUT2D eigenvalue weighted by molar-refractivity contribution is -0.158. The molecule has 0 saturated carbocycles. The van der Waals surface area contributed by atoms with Crippen LogP contribution in [0.5, 0.6) is 5.75 Å². The smallest absolute Gasteiger partial charge is 0.260 e. The van der Waals surface area contributed by atoms with Crippen molar-refractivity contribution in [3.8, 4) is 5.75 Å². The fraction of sp³-hybridized carbons (Fsp3) is 0.533. The fourth-order valence-corrected chi connectivity index (χ4v) is 2.41. The summed E-state index contributed by atoms with van der Waals surface area (Å²) in [4.78, 5) is 13.5. The fourth-order valence-electron chi connectivity index (χ4n) is 2.41. The van der Waals surface area contributed by atoms with E-state index in [-0.39, 0.29) is 12.5 Å². The minimum atomic E-state index is -0.673. The van der Waals surface area contributed by atoms with Crippen LogP contribution in [0, 0.1) is 6.92 Å². The van der Waals surface area contributed by atoms with Gasteiger partial charge in [-0.1, -0.05) is 25.5 Å². The van der Waals surface area contributed by atoms with E-state index >= 15 is 0 Å². The van der Waals surface area contributed by atoms with Gasteiger partial charge in [0.1, 0.15) is 5.75 Å². The van der Waals surface area contributed by atoms with Gasteiger partial charge in [0.25, 0.3) is 5.91 Å². The number of carbonyl (C=O) groups excluding carboxylic acids is 1. The number of β-amino-alcohol motifs (C(OH)–C–C–N with tert-alkyl or cyclic N) is 1. The van der Waals surface area contributed by atoms with E-state index in [1.54, 1.807) is 4.90 Å². The van der Waals surface area contributed by atoms with Gasteiger partial charge in [-0.2, -0.15) is 0 Å². The molecule has 0 spiro atoms. The second-order valence-corrected chi connectivity index (χ2v) is 5.33. The molecule has 0 aromatic heterocycles. The van der Waals surface area contributed by atoms with Gasteiger partial charge in [-0.3, -0.25) is 4.79 Å². The van der Waals surface area contributed by atoms with Crippen molar-refractivity contribution in [3.05, 3.63) is 29.8 Å². The lowest BCUT2D eigenvalue weighted by Gasteiger charge is -2.46. The van der Waals surface area contributed by atoms with Gasteiger partial charge in [0.2, 0.25) is 0 Å². The molecular formula is C15H21NO3. The van der Waals surface area contributed by atoms with Crippen LogP contribution in [0.2, 0.25) is 0 Å². The Hall–Kier alpha value is -1.55. The molecule has 0 bridgehead atoms. The third-order valence-electron chi connectivity index (χ3n) is 3.39. The van der Waals surface area contributed by atoms with E-state index in [0.717, 1.165) is 18.4 Å². The van der Waals surface area contributed by atoms with Gasteiger partial charge in [0.05, 0.1) is 18.7 Å². The second-order valence-electron chi connectivity index (χ2n) is 5.33. The molecule has 1 heterocycles. The molecule has 1 aromatic carbocycles. The van der Waals surface area contributed by atoms with Crippen LogP contribution in [0.25, 0.3) is 0 Å². The molecule has 4 heteroatoms. The molecule has 1 aliphatic rings. The molecule has 1 amide bonds. The lowest BCUT2D eigenvalue weighted by Crippen LogP contribution is -2.64. The molecule has 1 aliphatic heterocycles. The normalized spacial score (nSPS) is 16.9. The number of ether oxygens (including phenoxy) is 1. The standard InChI is InChI=1S/C15H21NO3/c1-3-7-15(18)10-16(11-15)14(17)9-19-13-6-4-5-12(2)8-13/h4-6,8,18H,3,7,9-11H2,1-2H3. The number of aliphatic hydroxyl groups is 1. The van der Waals surface area contributed by atoms with Crippen molar-refractivity contribution < 1.29 is 14.6 Å². The van der Waals surface area contributed by atoms with Gasteiger partial charge < -0.3 is 14.7 Å². The molecule has 0 unspecified atom stereocenters. The largest absolute Gasteiger partial charge is 0.484 e. The molecule has 0 atom stereocenters. The first-order valence-corrected chi connectivity index (χ1v) is 6.72. The van der Waals surface area contributed by atoms with Crippen LogP contribution in [0.1, 0.15) is 25.3 Å². The molecule has 0 radical (unpaired) electrons. The van der Waals surface area contributed by atoms with E-state index in [4.69, 9.17) is 4.74 Å². The zero-order chi connectivity index (χ0) is 13.9. The predicted molar refractivity (Wildman–Crippen MR) is 73.1 cm³/mol. The summed E-state index contributed by atoms with van der Waals surface area (Å²) in [5.41, 5.74) is 0.430. The van der Waals surface area contributed by atoms with Crippen LogP contribution in [0.3, 0.4) is 0 Å².